The quantitative estimate of drug-likeness (QED) is 0.103. The van der Waals surface area contributed by atoms with Crippen LogP contribution < -0.4 is 9.80 Å². The smallest absolute Gasteiger partial charge is 0.181 e. The Labute approximate surface area is 333 Å². The Hall–Kier alpha value is -5.02. The van der Waals surface area contributed by atoms with E-state index in [1.165, 1.54) is 17.7 Å². The molecule has 4 aromatic heterocycles. The van der Waals surface area contributed by atoms with E-state index in [9.17, 15) is 0 Å². The lowest BCUT2D eigenvalue weighted by atomic mass is 10.1. The molecule has 56 heavy (non-hydrogen) atoms. The number of nitrogens with zero attached hydrogens (tertiary/aromatic N) is 12. The molecule has 0 aliphatic carbocycles. The third-order valence-electron chi connectivity index (χ3n) is 10.1. The van der Waals surface area contributed by atoms with Crippen molar-refractivity contribution in [2.24, 2.45) is 0 Å². The van der Waals surface area contributed by atoms with Gasteiger partial charge in [-0.1, -0.05) is 52.0 Å². The Morgan fingerprint density at radius 1 is 0.482 bits per heavy atom. The first-order valence-corrected chi connectivity index (χ1v) is 20.0. The average molecular weight is 763 g/mol. The molecule has 0 saturated carbocycles. The Kier molecular flexibility index (Phi) is 16.0. The van der Waals surface area contributed by atoms with Gasteiger partial charge < -0.3 is 39.4 Å². The minimum atomic E-state index is 0.693. The molecule has 0 aliphatic rings. The number of aromatic nitrogens is 8. The summed E-state index contributed by atoms with van der Waals surface area (Å²) < 4.78 is 0. The number of H-pyrrole nitrogens is 2. The van der Waals surface area contributed by atoms with Crippen LogP contribution in [0.1, 0.15) is 27.7 Å². The van der Waals surface area contributed by atoms with E-state index in [0.29, 0.717) is 11.3 Å². The number of anilines is 2. The van der Waals surface area contributed by atoms with Crippen molar-refractivity contribution in [3.8, 4) is 22.8 Å². The molecule has 0 bridgehead atoms. The van der Waals surface area contributed by atoms with Gasteiger partial charge in [-0.05, 0) is 78.6 Å². The Balaban J connectivity index is 0.000000216. The van der Waals surface area contributed by atoms with Gasteiger partial charge in [-0.15, -0.1) is 0 Å². The fourth-order valence-corrected chi connectivity index (χ4v) is 6.63. The standard InChI is InChI=1S/C23H35N7.C19H27N7/c1-5-28(6-2)13-15-30(16-14-29(7-3)8-4)21-12-10-9-11-19(21)22-26-20-17-24-18-25-23(20)27-22;1-24(2)9-11-26(12-10-25(3)4)17-8-6-5-7-15(17)18-22-16-13-20-14-21-19(16)23-18/h9-12,17-18H,5-8,13-16H2,1-4H3,(H,24,25,26,27);5-8,13-14H,9-12H2,1-4H3,(H,20,21,22,23). The van der Waals surface area contributed by atoms with Crippen LogP contribution in [0, 0.1) is 0 Å². The van der Waals surface area contributed by atoms with Gasteiger partial charge in [-0.25, -0.2) is 29.9 Å². The first-order valence-electron chi connectivity index (χ1n) is 20.0. The predicted molar refractivity (Wildman–Crippen MR) is 231 cm³/mol. The summed E-state index contributed by atoms with van der Waals surface area (Å²) in [5.74, 6) is 1.67. The zero-order valence-corrected chi connectivity index (χ0v) is 34.8. The largest absolute Gasteiger partial charge is 0.368 e. The molecule has 4 heterocycles. The SMILES string of the molecule is CCN(CC)CCN(CCN(CC)CC)c1ccccc1-c1nc2ncncc2[nH]1.CN(C)CCN(CCN(C)C)c1ccccc1-c1nc2ncncc2[nH]1. The molecule has 2 aromatic carbocycles. The van der Waals surface area contributed by atoms with Crippen molar-refractivity contribution in [1.82, 2.24) is 59.5 Å². The van der Waals surface area contributed by atoms with Gasteiger partial charge in [0, 0.05) is 74.9 Å². The predicted octanol–water partition coefficient (Wildman–Crippen LogP) is 5.46. The van der Waals surface area contributed by atoms with Gasteiger partial charge in [0.2, 0.25) is 0 Å². The summed E-state index contributed by atoms with van der Waals surface area (Å²) >= 11 is 0. The highest BCUT2D eigenvalue weighted by atomic mass is 15.2. The van der Waals surface area contributed by atoms with Gasteiger partial charge >= 0.3 is 0 Å². The molecule has 0 unspecified atom stereocenters. The number of imidazole rings is 2. The number of hydrogen-bond acceptors (Lipinski definition) is 12. The fourth-order valence-electron chi connectivity index (χ4n) is 6.63. The minimum absolute atomic E-state index is 0.693. The maximum Gasteiger partial charge on any atom is 0.181 e. The monoisotopic (exact) mass is 763 g/mol. The zero-order valence-electron chi connectivity index (χ0n) is 34.8. The van der Waals surface area contributed by atoms with Gasteiger partial charge in [-0.3, -0.25) is 0 Å². The normalized spacial score (nSPS) is 11.6. The Morgan fingerprint density at radius 2 is 0.857 bits per heavy atom. The number of benzene rings is 2. The molecule has 2 N–H and O–H groups in total. The lowest BCUT2D eigenvalue weighted by Gasteiger charge is -2.31. The first-order chi connectivity index (χ1) is 27.2. The van der Waals surface area contributed by atoms with Crippen molar-refractivity contribution in [2.45, 2.75) is 27.7 Å². The lowest BCUT2D eigenvalue weighted by molar-refractivity contribution is 0.294. The van der Waals surface area contributed by atoms with Gasteiger partial charge in [0.05, 0.1) is 12.4 Å². The van der Waals surface area contributed by atoms with E-state index in [1.807, 2.05) is 6.07 Å². The van der Waals surface area contributed by atoms with Crippen LogP contribution in [0.5, 0.6) is 0 Å². The molecule has 0 fully saturated rings. The molecule has 0 amide bonds. The van der Waals surface area contributed by atoms with Crippen molar-refractivity contribution in [3.63, 3.8) is 0 Å². The van der Waals surface area contributed by atoms with Crippen molar-refractivity contribution >= 4 is 33.7 Å². The van der Waals surface area contributed by atoms with Crippen LogP contribution in [0.15, 0.2) is 73.6 Å². The molecular formula is C42H62N14. The third kappa shape index (κ3) is 11.5. The Morgan fingerprint density at radius 3 is 1.21 bits per heavy atom. The number of hydrogen-bond donors (Lipinski definition) is 2. The zero-order chi connectivity index (χ0) is 39.9. The summed E-state index contributed by atoms with van der Waals surface area (Å²) in [6.07, 6.45) is 6.61. The second kappa shape index (κ2) is 21.3. The summed E-state index contributed by atoms with van der Waals surface area (Å²) in [6, 6.07) is 16.9. The number of likely N-dealkylation sites (N-methyl/N-ethyl adjacent to an activating group) is 4. The second-order valence-electron chi connectivity index (χ2n) is 14.4. The molecule has 0 saturated heterocycles. The highest BCUT2D eigenvalue weighted by Crippen LogP contribution is 2.31. The van der Waals surface area contributed by atoms with Crippen LogP contribution in [-0.2, 0) is 0 Å². The van der Waals surface area contributed by atoms with Crippen LogP contribution in [-0.4, -0.2) is 166 Å². The molecule has 0 spiro atoms. The van der Waals surface area contributed by atoms with E-state index in [1.54, 1.807) is 18.7 Å². The number of para-hydroxylation sites is 2. The molecular weight excluding hydrogens is 701 g/mol. The summed E-state index contributed by atoms with van der Waals surface area (Å²) in [5, 5.41) is 0. The van der Waals surface area contributed by atoms with Crippen LogP contribution >= 0.6 is 0 Å². The molecule has 6 aromatic rings. The van der Waals surface area contributed by atoms with E-state index in [2.05, 4.69) is 163 Å². The molecule has 0 atom stereocenters. The summed E-state index contributed by atoms with van der Waals surface area (Å²) in [5.41, 5.74) is 7.70. The van der Waals surface area contributed by atoms with E-state index in [4.69, 9.17) is 4.98 Å². The third-order valence-corrected chi connectivity index (χ3v) is 10.1. The Bertz CT molecular complexity index is 1940. The van der Waals surface area contributed by atoms with Crippen molar-refractivity contribution in [2.75, 3.05) is 117 Å². The van der Waals surface area contributed by atoms with E-state index in [-0.39, 0.29) is 0 Å². The van der Waals surface area contributed by atoms with Crippen LogP contribution in [0.2, 0.25) is 0 Å². The average Bonchev–Trinajstić information content (AvgIpc) is 3.86. The summed E-state index contributed by atoms with van der Waals surface area (Å²) in [6.45, 7) is 21.2. The van der Waals surface area contributed by atoms with Gasteiger partial charge in [0.25, 0.3) is 0 Å². The fraction of sp³-hybridized carbons (Fsp3) is 0.476. The number of aromatic amines is 2. The maximum atomic E-state index is 4.73. The number of fused-ring (bicyclic) bond motifs is 2. The van der Waals surface area contributed by atoms with Gasteiger partial charge in [0.15, 0.2) is 11.3 Å². The van der Waals surface area contributed by atoms with E-state index < -0.39 is 0 Å². The summed E-state index contributed by atoms with van der Waals surface area (Å²) in [7, 11) is 8.42. The second-order valence-corrected chi connectivity index (χ2v) is 14.4. The topological polar surface area (TPSA) is 128 Å². The van der Waals surface area contributed by atoms with Crippen LogP contribution in [0.3, 0.4) is 0 Å². The van der Waals surface area contributed by atoms with Gasteiger partial charge in [0.1, 0.15) is 35.3 Å². The van der Waals surface area contributed by atoms with E-state index >= 15 is 0 Å². The highest BCUT2D eigenvalue weighted by Gasteiger charge is 2.18. The van der Waals surface area contributed by atoms with Crippen molar-refractivity contribution in [1.29, 1.82) is 0 Å². The van der Waals surface area contributed by atoms with Crippen molar-refractivity contribution in [3.05, 3.63) is 73.6 Å². The summed E-state index contributed by atoms with van der Waals surface area (Å²) in [4.78, 5) is 47.1. The number of nitrogens with one attached hydrogen (secondary N) is 2. The molecule has 6 rings (SSSR count). The van der Waals surface area contributed by atoms with E-state index in [0.717, 1.165) is 112 Å². The van der Waals surface area contributed by atoms with Gasteiger partial charge in [-0.2, -0.15) is 0 Å². The van der Waals surface area contributed by atoms with Crippen molar-refractivity contribution < 1.29 is 0 Å². The van der Waals surface area contributed by atoms with Crippen LogP contribution in [0.4, 0.5) is 11.4 Å². The molecule has 14 heteroatoms. The maximum absolute atomic E-state index is 4.73. The number of rotatable bonds is 20. The molecule has 0 radical (unpaired) electrons. The lowest BCUT2D eigenvalue weighted by Crippen LogP contribution is -2.40. The highest BCUT2D eigenvalue weighted by molar-refractivity contribution is 5.82. The molecule has 300 valence electrons. The first kappa shape index (κ1) is 42.1. The molecule has 0 aliphatic heterocycles. The van der Waals surface area contributed by atoms with Crippen LogP contribution in [0.25, 0.3) is 45.1 Å². The molecule has 14 nitrogen and oxygen atoms in total. The minimum Gasteiger partial charge on any atom is -0.368 e.